The van der Waals surface area contributed by atoms with Gasteiger partial charge in [-0.25, -0.2) is 5.43 Å². The third-order valence-electron chi connectivity index (χ3n) is 3.52. The number of fused-ring (bicyclic) bond motifs is 1. The van der Waals surface area contributed by atoms with Crippen LogP contribution in [0.15, 0.2) is 35.4 Å². The van der Waals surface area contributed by atoms with Crippen LogP contribution in [0.25, 0.3) is 0 Å². The molecule has 2 aromatic rings. The lowest BCUT2D eigenvalue weighted by Crippen LogP contribution is -2.24. The standard InChI is InChI=1S/C18H16Cl2N2O4/c1-11-6-13(2-3-14(11)19)26-10-17(23)22-21-9-12-7-15(20)18-16(8-12)24-4-5-25-18/h2-3,6-9H,4-5,10H2,1H3,(H,22,23)/b21-9-. The molecule has 1 N–H and O–H groups in total. The fraction of sp³-hybridized carbons (Fsp3) is 0.222. The molecule has 0 radical (unpaired) electrons. The molecule has 0 spiro atoms. The second-order valence-electron chi connectivity index (χ2n) is 5.52. The summed E-state index contributed by atoms with van der Waals surface area (Å²) in [6.07, 6.45) is 1.47. The van der Waals surface area contributed by atoms with Crippen LogP contribution >= 0.6 is 23.2 Å². The molecule has 0 bridgehead atoms. The Morgan fingerprint density at radius 3 is 2.85 bits per heavy atom. The molecule has 0 unspecified atom stereocenters. The third kappa shape index (κ3) is 4.59. The van der Waals surface area contributed by atoms with Gasteiger partial charge in [0.25, 0.3) is 5.91 Å². The number of hydrogen-bond donors (Lipinski definition) is 1. The van der Waals surface area contributed by atoms with Gasteiger partial charge in [-0.2, -0.15) is 5.10 Å². The largest absolute Gasteiger partial charge is 0.486 e. The average molecular weight is 395 g/mol. The Kier molecular flexibility index (Phi) is 5.85. The Labute approximate surface area is 160 Å². The van der Waals surface area contributed by atoms with Crippen molar-refractivity contribution in [2.75, 3.05) is 19.8 Å². The topological polar surface area (TPSA) is 69.2 Å². The summed E-state index contributed by atoms with van der Waals surface area (Å²) in [6.45, 7) is 2.61. The van der Waals surface area contributed by atoms with Crippen molar-refractivity contribution in [3.8, 4) is 17.2 Å². The fourth-order valence-electron chi connectivity index (χ4n) is 2.27. The van der Waals surface area contributed by atoms with E-state index in [1.807, 2.05) is 6.92 Å². The Balaban J connectivity index is 1.54. The van der Waals surface area contributed by atoms with Crippen LogP contribution in [0.2, 0.25) is 10.0 Å². The van der Waals surface area contributed by atoms with Crippen molar-refractivity contribution in [2.45, 2.75) is 6.92 Å². The molecular weight excluding hydrogens is 379 g/mol. The summed E-state index contributed by atoms with van der Waals surface area (Å²) in [6, 6.07) is 8.59. The first-order chi connectivity index (χ1) is 12.5. The van der Waals surface area contributed by atoms with E-state index in [-0.39, 0.29) is 6.61 Å². The lowest BCUT2D eigenvalue weighted by Gasteiger charge is -2.19. The van der Waals surface area contributed by atoms with E-state index in [2.05, 4.69) is 10.5 Å². The Bertz CT molecular complexity index is 855. The number of hydrazone groups is 1. The SMILES string of the molecule is Cc1cc(OCC(=O)N/N=C\c2cc(Cl)c3c(c2)OCCO3)ccc1Cl. The molecule has 0 atom stereocenters. The van der Waals surface area contributed by atoms with Crippen molar-refractivity contribution in [1.82, 2.24) is 5.43 Å². The molecule has 0 aliphatic carbocycles. The molecule has 0 saturated carbocycles. The highest BCUT2D eigenvalue weighted by Crippen LogP contribution is 2.37. The molecular formula is C18H16Cl2N2O4. The van der Waals surface area contributed by atoms with Gasteiger partial charge in [0.15, 0.2) is 18.1 Å². The van der Waals surface area contributed by atoms with Crippen LogP contribution in [0.5, 0.6) is 17.2 Å². The van der Waals surface area contributed by atoms with Gasteiger partial charge < -0.3 is 14.2 Å². The first-order valence-corrected chi connectivity index (χ1v) is 8.58. The quantitative estimate of drug-likeness (QED) is 0.621. The zero-order valence-corrected chi connectivity index (χ0v) is 15.4. The van der Waals surface area contributed by atoms with Crippen LogP contribution in [0.1, 0.15) is 11.1 Å². The van der Waals surface area contributed by atoms with Crippen molar-refractivity contribution >= 4 is 35.3 Å². The van der Waals surface area contributed by atoms with Gasteiger partial charge in [0.1, 0.15) is 19.0 Å². The van der Waals surface area contributed by atoms with Gasteiger partial charge in [-0.1, -0.05) is 23.2 Å². The lowest BCUT2D eigenvalue weighted by atomic mass is 10.2. The van der Waals surface area contributed by atoms with Crippen LogP contribution < -0.4 is 19.6 Å². The number of amides is 1. The second-order valence-corrected chi connectivity index (χ2v) is 6.33. The zero-order chi connectivity index (χ0) is 18.5. The van der Waals surface area contributed by atoms with E-state index in [9.17, 15) is 4.79 Å². The summed E-state index contributed by atoms with van der Waals surface area (Å²) in [4.78, 5) is 11.8. The third-order valence-corrected chi connectivity index (χ3v) is 4.23. The van der Waals surface area contributed by atoms with Crippen LogP contribution in [-0.4, -0.2) is 31.9 Å². The zero-order valence-electron chi connectivity index (χ0n) is 13.9. The number of benzene rings is 2. The number of carbonyl (C=O) groups excluding carboxylic acids is 1. The molecule has 0 saturated heterocycles. The number of ether oxygens (including phenoxy) is 3. The van der Waals surface area contributed by atoms with Gasteiger partial charge >= 0.3 is 0 Å². The molecule has 0 fully saturated rings. The predicted molar refractivity (Wildman–Crippen MR) is 99.9 cm³/mol. The first kappa shape index (κ1) is 18.4. The average Bonchev–Trinajstić information content (AvgIpc) is 2.63. The van der Waals surface area contributed by atoms with Crippen molar-refractivity contribution in [3.63, 3.8) is 0 Å². The van der Waals surface area contributed by atoms with E-state index in [0.29, 0.717) is 46.1 Å². The van der Waals surface area contributed by atoms with E-state index in [1.165, 1.54) is 6.21 Å². The van der Waals surface area contributed by atoms with Crippen molar-refractivity contribution < 1.29 is 19.0 Å². The summed E-state index contributed by atoms with van der Waals surface area (Å²) in [5, 5.41) is 4.97. The predicted octanol–water partition coefficient (Wildman–Crippen LogP) is 3.60. The number of nitrogens with one attached hydrogen (secondary N) is 1. The van der Waals surface area contributed by atoms with E-state index >= 15 is 0 Å². The number of aryl methyl sites for hydroxylation is 1. The molecule has 1 aliphatic rings. The van der Waals surface area contributed by atoms with Crippen LogP contribution in [0.4, 0.5) is 0 Å². The fourth-order valence-corrected chi connectivity index (χ4v) is 2.66. The van der Waals surface area contributed by atoms with Crippen molar-refractivity contribution in [1.29, 1.82) is 0 Å². The first-order valence-electron chi connectivity index (χ1n) is 7.83. The molecule has 1 amide bonds. The highest BCUT2D eigenvalue weighted by Gasteiger charge is 2.16. The molecule has 1 heterocycles. The van der Waals surface area contributed by atoms with Gasteiger partial charge in [-0.05, 0) is 48.4 Å². The molecule has 3 rings (SSSR count). The molecule has 1 aliphatic heterocycles. The molecule has 136 valence electrons. The number of halogens is 2. The summed E-state index contributed by atoms with van der Waals surface area (Å²) >= 11 is 12.1. The molecule has 8 heteroatoms. The van der Waals surface area contributed by atoms with E-state index < -0.39 is 5.91 Å². The Morgan fingerprint density at radius 2 is 2.04 bits per heavy atom. The van der Waals surface area contributed by atoms with Gasteiger partial charge in [0.05, 0.1) is 11.2 Å². The van der Waals surface area contributed by atoms with Crippen LogP contribution in [-0.2, 0) is 4.79 Å². The molecule has 26 heavy (non-hydrogen) atoms. The van der Waals surface area contributed by atoms with Gasteiger partial charge in [-0.15, -0.1) is 0 Å². The molecule has 6 nitrogen and oxygen atoms in total. The number of hydrogen-bond acceptors (Lipinski definition) is 5. The van der Waals surface area contributed by atoms with E-state index in [0.717, 1.165) is 5.56 Å². The van der Waals surface area contributed by atoms with Crippen molar-refractivity contribution in [3.05, 3.63) is 51.5 Å². The monoisotopic (exact) mass is 394 g/mol. The molecule has 2 aromatic carbocycles. The van der Waals surface area contributed by atoms with E-state index in [1.54, 1.807) is 30.3 Å². The minimum absolute atomic E-state index is 0.166. The maximum atomic E-state index is 11.8. The maximum Gasteiger partial charge on any atom is 0.277 e. The maximum absolute atomic E-state index is 11.8. The molecule has 0 aromatic heterocycles. The van der Waals surface area contributed by atoms with Crippen molar-refractivity contribution in [2.24, 2.45) is 5.10 Å². The number of rotatable bonds is 5. The summed E-state index contributed by atoms with van der Waals surface area (Å²) < 4.78 is 16.3. The van der Waals surface area contributed by atoms with Gasteiger partial charge in [0.2, 0.25) is 0 Å². The van der Waals surface area contributed by atoms with Crippen LogP contribution in [0, 0.1) is 6.92 Å². The lowest BCUT2D eigenvalue weighted by molar-refractivity contribution is -0.123. The Morgan fingerprint density at radius 1 is 1.23 bits per heavy atom. The smallest absolute Gasteiger partial charge is 0.277 e. The summed E-state index contributed by atoms with van der Waals surface area (Å²) in [7, 11) is 0. The van der Waals surface area contributed by atoms with Gasteiger partial charge in [-0.3, -0.25) is 4.79 Å². The normalized spacial score (nSPS) is 12.9. The highest BCUT2D eigenvalue weighted by molar-refractivity contribution is 6.32. The number of nitrogens with zero attached hydrogens (tertiary/aromatic N) is 1. The van der Waals surface area contributed by atoms with E-state index in [4.69, 9.17) is 37.4 Å². The summed E-state index contributed by atoms with van der Waals surface area (Å²) in [5.74, 6) is 1.24. The van der Waals surface area contributed by atoms with Gasteiger partial charge in [0, 0.05) is 5.02 Å². The minimum Gasteiger partial charge on any atom is -0.486 e. The Hall–Kier alpha value is -2.44. The number of carbonyl (C=O) groups is 1. The second kappa shape index (κ2) is 8.29. The highest BCUT2D eigenvalue weighted by atomic mass is 35.5. The van der Waals surface area contributed by atoms with Crippen LogP contribution in [0.3, 0.4) is 0 Å². The minimum atomic E-state index is -0.391. The summed E-state index contributed by atoms with van der Waals surface area (Å²) in [5.41, 5.74) is 3.94.